The molecule has 0 aliphatic carbocycles. The van der Waals surface area contributed by atoms with Crippen molar-refractivity contribution in [3.8, 4) is 0 Å². The van der Waals surface area contributed by atoms with Crippen molar-refractivity contribution >= 4 is 17.9 Å². The molecule has 11 heteroatoms. The van der Waals surface area contributed by atoms with E-state index in [0.29, 0.717) is 0 Å². The number of carbonyl (C=O) groups is 3. The standard InChI is InChI=1S/C23H37N3O8/c1-6-7-8-9-10-11-12-18-13-26(25-24-18)14-19-20(31-15(2)27)21(32-16(3)28)22(33-17(4)29)23(30-5)34-19/h13,19-23H,6-12,14H2,1-5H3/t19-,20-,21+,22-,23+/m1/s1. The Labute approximate surface area is 200 Å². The Hall–Kier alpha value is -2.53. The number of rotatable bonds is 13. The summed E-state index contributed by atoms with van der Waals surface area (Å²) < 4.78 is 29.1. The van der Waals surface area contributed by atoms with Crippen LogP contribution in [0.1, 0.15) is 71.9 Å². The van der Waals surface area contributed by atoms with Crippen LogP contribution in [0, 0.1) is 0 Å². The third-order valence-corrected chi connectivity index (χ3v) is 5.47. The second-order valence-corrected chi connectivity index (χ2v) is 8.45. The normalized spacial score (nSPS) is 24.4. The van der Waals surface area contributed by atoms with Crippen molar-refractivity contribution in [2.45, 2.75) is 110 Å². The zero-order valence-corrected chi connectivity index (χ0v) is 20.7. The highest BCUT2D eigenvalue weighted by Crippen LogP contribution is 2.30. The van der Waals surface area contributed by atoms with Crippen LogP contribution in [0.5, 0.6) is 0 Å². The van der Waals surface area contributed by atoms with Gasteiger partial charge in [-0.25, -0.2) is 4.68 Å². The molecule has 0 amide bonds. The lowest BCUT2D eigenvalue weighted by Gasteiger charge is -2.43. The number of aryl methyl sites for hydroxylation is 1. The molecule has 0 spiro atoms. The van der Waals surface area contributed by atoms with Crippen LogP contribution in [0.25, 0.3) is 0 Å². The number of hydrogen-bond acceptors (Lipinski definition) is 10. The van der Waals surface area contributed by atoms with Gasteiger partial charge >= 0.3 is 17.9 Å². The lowest BCUT2D eigenvalue weighted by Crippen LogP contribution is -2.62. The van der Waals surface area contributed by atoms with E-state index in [9.17, 15) is 14.4 Å². The molecule has 0 radical (unpaired) electrons. The predicted octanol–water partition coefficient (Wildman–Crippen LogP) is 2.35. The molecule has 1 aromatic rings. The lowest BCUT2D eigenvalue weighted by atomic mass is 9.97. The molecule has 0 N–H and O–H groups in total. The SMILES string of the molecule is CCCCCCCCc1cn(C[C@H]2O[C@H](OC)[C@H](OC(C)=O)[C@@H](OC(C)=O)[C@@H]2OC(C)=O)nn1. The van der Waals surface area contributed by atoms with Crippen LogP contribution in [0.15, 0.2) is 6.20 Å². The van der Waals surface area contributed by atoms with Gasteiger partial charge < -0.3 is 23.7 Å². The fourth-order valence-corrected chi connectivity index (χ4v) is 4.00. The van der Waals surface area contributed by atoms with Gasteiger partial charge in [0.15, 0.2) is 24.6 Å². The topological polar surface area (TPSA) is 128 Å². The zero-order chi connectivity index (χ0) is 25.1. The van der Waals surface area contributed by atoms with Crippen molar-refractivity contribution in [1.29, 1.82) is 0 Å². The Balaban J connectivity index is 2.14. The van der Waals surface area contributed by atoms with E-state index in [4.69, 9.17) is 23.7 Å². The van der Waals surface area contributed by atoms with Gasteiger partial charge in [0.05, 0.1) is 12.2 Å². The number of nitrogens with zero attached hydrogens (tertiary/aromatic N) is 3. The average Bonchev–Trinajstić information content (AvgIpc) is 3.20. The number of methoxy groups -OCH3 is 1. The highest BCUT2D eigenvalue weighted by atomic mass is 16.7. The average molecular weight is 484 g/mol. The summed E-state index contributed by atoms with van der Waals surface area (Å²) in [4.78, 5) is 35.3. The molecule has 5 atom stereocenters. The van der Waals surface area contributed by atoms with Gasteiger partial charge in [-0.3, -0.25) is 14.4 Å². The lowest BCUT2D eigenvalue weighted by molar-refractivity contribution is -0.300. The van der Waals surface area contributed by atoms with E-state index < -0.39 is 48.6 Å². The quantitative estimate of drug-likeness (QED) is 0.234. The number of unbranched alkanes of at least 4 members (excludes halogenated alkanes) is 5. The number of aromatic nitrogens is 3. The second-order valence-electron chi connectivity index (χ2n) is 8.45. The van der Waals surface area contributed by atoms with E-state index in [-0.39, 0.29) is 6.54 Å². The maximum atomic E-state index is 11.8. The molecule has 1 aliphatic rings. The van der Waals surface area contributed by atoms with Crippen molar-refractivity contribution in [3.63, 3.8) is 0 Å². The van der Waals surface area contributed by atoms with Crippen LogP contribution in [0.3, 0.4) is 0 Å². The summed E-state index contributed by atoms with van der Waals surface area (Å²) in [6, 6.07) is 0. The predicted molar refractivity (Wildman–Crippen MR) is 119 cm³/mol. The Morgan fingerprint density at radius 3 is 2.12 bits per heavy atom. The summed E-state index contributed by atoms with van der Waals surface area (Å²) in [7, 11) is 1.38. The van der Waals surface area contributed by atoms with Gasteiger partial charge in [0.25, 0.3) is 0 Å². The van der Waals surface area contributed by atoms with Gasteiger partial charge in [-0.2, -0.15) is 0 Å². The second kappa shape index (κ2) is 14.0. The van der Waals surface area contributed by atoms with Gasteiger partial charge in [-0.05, 0) is 12.8 Å². The van der Waals surface area contributed by atoms with Crippen LogP contribution in [-0.4, -0.2) is 70.7 Å². The van der Waals surface area contributed by atoms with Crippen molar-refractivity contribution in [3.05, 3.63) is 11.9 Å². The van der Waals surface area contributed by atoms with Crippen LogP contribution >= 0.6 is 0 Å². The fourth-order valence-electron chi connectivity index (χ4n) is 4.00. The summed E-state index contributed by atoms with van der Waals surface area (Å²) in [5, 5.41) is 8.39. The largest absolute Gasteiger partial charge is 0.456 e. The van der Waals surface area contributed by atoms with Gasteiger partial charge in [-0.15, -0.1) is 5.10 Å². The van der Waals surface area contributed by atoms with Crippen molar-refractivity contribution < 1.29 is 38.1 Å². The van der Waals surface area contributed by atoms with E-state index >= 15 is 0 Å². The fraction of sp³-hybridized carbons (Fsp3) is 0.783. The van der Waals surface area contributed by atoms with E-state index in [1.54, 1.807) is 4.68 Å². The molecule has 34 heavy (non-hydrogen) atoms. The van der Waals surface area contributed by atoms with Crippen LogP contribution in [0.4, 0.5) is 0 Å². The van der Waals surface area contributed by atoms with E-state index in [1.807, 2.05) is 6.20 Å². The first-order chi connectivity index (χ1) is 16.2. The molecular formula is C23H37N3O8. The van der Waals surface area contributed by atoms with Crippen LogP contribution < -0.4 is 0 Å². The number of carbonyl (C=O) groups excluding carboxylic acids is 3. The van der Waals surface area contributed by atoms with Gasteiger partial charge in [0, 0.05) is 34.1 Å². The molecule has 1 saturated heterocycles. The molecule has 2 rings (SSSR count). The molecule has 0 saturated carbocycles. The molecule has 1 aliphatic heterocycles. The van der Waals surface area contributed by atoms with Crippen LogP contribution in [0.2, 0.25) is 0 Å². The minimum atomic E-state index is -1.12. The summed E-state index contributed by atoms with van der Waals surface area (Å²) in [6.07, 6.45) is 4.61. The molecule has 192 valence electrons. The highest BCUT2D eigenvalue weighted by molar-refractivity contribution is 5.68. The Morgan fingerprint density at radius 1 is 0.912 bits per heavy atom. The number of ether oxygens (including phenoxy) is 5. The molecule has 0 aromatic carbocycles. The van der Waals surface area contributed by atoms with E-state index in [0.717, 1.165) is 25.0 Å². The Bertz CT molecular complexity index is 799. The molecule has 0 unspecified atom stereocenters. The van der Waals surface area contributed by atoms with Crippen molar-refractivity contribution in [2.24, 2.45) is 0 Å². The minimum absolute atomic E-state index is 0.159. The number of hydrogen-bond donors (Lipinski definition) is 0. The number of esters is 3. The molecule has 1 aromatic heterocycles. The summed E-state index contributed by atoms with van der Waals surface area (Å²) in [6.45, 7) is 6.02. The minimum Gasteiger partial charge on any atom is -0.456 e. The third-order valence-electron chi connectivity index (χ3n) is 5.47. The Morgan fingerprint density at radius 2 is 1.50 bits per heavy atom. The summed E-state index contributed by atoms with van der Waals surface area (Å²) >= 11 is 0. The molecule has 11 nitrogen and oxygen atoms in total. The summed E-state index contributed by atoms with van der Waals surface area (Å²) in [5.41, 5.74) is 0.855. The van der Waals surface area contributed by atoms with Crippen molar-refractivity contribution in [2.75, 3.05) is 7.11 Å². The smallest absolute Gasteiger partial charge is 0.303 e. The molecule has 0 bridgehead atoms. The van der Waals surface area contributed by atoms with Gasteiger partial charge in [0.1, 0.15) is 6.10 Å². The maximum absolute atomic E-state index is 11.8. The van der Waals surface area contributed by atoms with Gasteiger partial charge in [0.2, 0.25) is 0 Å². The zero-order valence-electron chi connectivity index (χ0n) is 20.7. The first-order valence-corrected chi connectivity index (χ1v) is 11.8. The molecule has 1 fully saturated rings. The van der Waals surface area contributed by atoms with E-state index in [2.05, 4.69) is 17.2 Å². The Kier molecular flexibility index (Phi) is 11.4. The first-order valence-electron chi connectivity index (χ1n) is 11.8. The maximum Gasteiger partial charge on any atom is 0.303 e. The first kappa shape index (κ1) is 27.7. The van der Waals surface area contributed by atoms with Crippen LogP contribution in [-0.2, 0) is 51.0 Å². The molecule has 2 heterocycles. The highest BCUT2D eigenvalue weighted by Gasteiger charge is 2.52. The van der Waals surface area contributed by atoms with Gasteiger partial charge in [-0.1, -0.05) is 44.2 Å². The van der Waals surface area contributed by atoms with E-state index in [1.165, 1.54) is 53.6 Å². The summed E-state index contributed by atoms with van der Waals surface area (Å²) in [5.74, 6) is -1.85. The van der Waals surface area contributed by atoms with Crippen molar-refractivity contribution in [1.82, 2.24) is 15.0 Å². The monoisotopic (exact) mass is 483 g/mol. The molecular weight excluding hydrogens is 446 g/mol. The third kappa shape index (κ3) is 8.68.